The fourth-order valence-electron chi connectivity index (χ4n) is 2.72. The highest BCUT2D eigenvalue weighted by Gasteiger charge is 2.29. The van der Waals surface area contributed by atoms with Crippen LogP contribution in [0.3, 0.4) is 0 Å². The maximum atomic E-state index is 14.1. The van der Waals surface area contributed by atoms with E-state index >= 15 is 0 Å². The first-order chi connectivity index (χ1) is 14.7. The molecule has 2 N–H and O–H groups in total. The van der Waals surface area contributed by atoms with E-state index in [0.717, 1.165) is 6.92 Å². The lowest BCUT2D eigenvalue weighted by molar-refractivity contribution is -0.114. The Hall–Kier alpha value is -3.63. The van der Waals surface area contributed by atoms with Crippen LogP contribution in [0, 0.1) is 0 Å². The molecular weight excluding hydrogens is 408 g/mol. The quantitative estimate of drug-likeness (QED) is 0.556. The van der Waals surface area contributed by atoms with Crippen LogP contribution in [0.25, 0.3) is 11.3 Å². The Kier molecular flexibility index (Phi) is 6.42. The molecule has 3 aromatic heterocycles. The molecular formula is C20H23F2N7O2. The van der Waals surface area contributed by atoms with Gasteiger partial charge in [-0.3, -0.25) is 9.48 Å². The second kappa shape index (κ2) is 9.02. The molecule has 0 fully saturated rings. The van der Waals surface area contributed by atoms with Crippen molar-refractivity contribution in [1.82, 2.24) is 24.7 Å². The average Bonchev–Trinajstić information content (AvgIpc) is 3.18. The van der Waals surface area contributed by atoms with Gasteiger partial charge in [0.2, 0.25) is 11.7 Å². The number of ether oxygens (including phenoxy) is 1. The van der Waals surface area contributed by atoms with E-state index < -0.39 is 11.7 Å². The van der Waals surface area contributed by atoms with E-state index in [1.807, 2.05) is 6.92 Å². The average molecular weight is 431 g/mol. The maximum Gasteiger partial charge on any atom is 0.303 e. The van der Waals surface area contributed by atoms with E-state index in [0.29, 0.717) is 35.8 Å². The number of alkyl halides is 2. The largest absolute Gasteiger partial charge is 0.490 e. The Morgan fingerprint density at radius 3 is 2.58 bits per heavy atom. The van der Waals surface area contributed by atoms with Crippen molar-refractivity contribution in [2.24, 2.45) is 0 Å². The van der Waals surface area contributed by atoms with Crippen LogP contribution >= 0.6 is 0 Å². The first kappa shape index (κ1) is 22.1. The molecule has 0 bridgehead atoms. The molecule has 0 radical (unpaired) electrons. The van der Waals surface area contributed by atoms with Gasteiger partial charge >= 0.3 is 5.92 Å². The predicted molar refractivity (Wildman–Crippen MR) is 111 cm³/mol. The predicted octanol–water partition coefficient (Wildman–Crippen LogP) is 3.97. The second-order valence-electron chi connectivity index (χ2n) is 6.74. The Bertz CT molecular complexity index is 1080. The SMILES string of the molecule is CCOc1cnc(NC(C)=O)cc1Nc1cc(-c2cnn(CC)c2)nc(C(C)(F)F)n1. The van der Waals surface area contributed by atoms with Crippen molar-refractivity contribution in [3.63, 3.8) is 0 Å². The zero-order chi connectivity index (χ0) is 22.6. The van der Waals surface area contributed by atoms with Crippen LogP contribution in [0.2, 0.25) is 0 Å². The van der Waals surface area contributed by atoms with Gasteiger partial charge in [0.25, 0.3) is 0 Å². The summed E-state index contributed by atoms with van der Waals surface area (Å²) < 4.78 is 35.4. The summed E-state index contributed by atoms with van der Waals surface area (Å²) in [6, 6.07) is 3.08. The summed E-state index contributed by atoms with van der Waals surface area (Å²) in [4.78, 5) is 23.5. The van der Waals surface area contributed by atoms with Crippen molar-refractivity contribution in [2.75, 3.05) is 17.2 Å². The number of halogens is 2. The Balaban J connectivity index is 2.05. The van der Waals surface area contributed by atoms with Gasteiger partial charge in [0.05, 0.1) is 30.4 Å². The molecule has 3 rings (SSSR count). The number of aryl methyl sites for hydroxylation is 1. The van der Waals surface area contributed by atoms with Gasteiger partial charge in [-0.1, -0.05) is 0 Å². The summed E-state index contributed by atoms with van der Waals surface area (Å²) in [5.41, 5.74) is 1.28. The molecule has 164 valence electrons. The summed E-state index contributed by atoms with van der Waals surface area (Å²) >= 11 is 0. The smallest absolute Gasteiger partial charge is 0.303 e. The molecule has 0 aromatic carbocycles. The number of nitrogens with one attached hydrogen (secondary N) is 2. The molecule has 9 nitrogen and oxygen atoms in total. The molecule has 31 heavy (non-hydrogen) atoms. The summed E-state index contributed by atoms with van der Waals surface area (Å²) in [7, 11) is 0. The van der Waals surface area contributed by atoms with E-state index in [1.54, 1.807) is 30.1 Å². The third kappa shape index (κ3) is 5.50. The highest BCUT2D eigenvalue weighted by Crippen LogP contribution is 2.32. The van der Waals surface area contributed by atoms with E-state index in [9.17, 15) is 13.6 Å². The van der Waals surface area contributed by atoms with Crippen molar-refractivity contribution < 1.29 is 18.3 Å². The van der Waals surface area contributed by atoms with Gasteiger partial charge in [-0.25, -0.2) is 15.0 Å². The number of carbonyl (C=O) groups excluding carboxylic acids is 1. The molecule has 0 aliphatic rings. The molecule has 0 aliphatic carbocycles. The molecule has 3 heterocycles. The lowest BCUT2D eigenvalue weighted by Crippen LogP contribution is -2.14. The van der Waals surface area contributed by atoms with E-state index in [4.69, 9.17) is 4.74 Å². The maximum absolute atomic E-state index is 14.1. The van der Waals surface area contributed by atoms with Crippen molar-refractivity contribution in [1.29, 1.82) is 0 Å². The standard InChI is InChI=1S/C20H23F2N7O2/c1-5-29-11-13(9-24-29)14-7-18(28-19(27-14)20(4,21)22)26-15-8-17(25-12(3)30)23-10-16(15)31-6-2/h7-11H,5-6H2,1-4H3,(H2,23,25,26,27,28,30). The number of amides is 1. The molecule has 0 saturated heterocycles. The zero-order valence-electron chi connectivity index (χ0n) is 17.6. The van der Waals surface area contributed by atoms with E-state index in [1.165, 1.54) is 19.2 Å². The summed E-state index contributed by atoms with van der Waals surface area (Å²) in [6.45, 7) is 6.80. The van der Waals surface area contributed by atoms with Gasteiger partial charge in [-0.15, -0.1) is 0 Å². The number of pyridine rings is 1. The first-order valence-electron chi connectivity index (χ1n) is 9.67. The highest BCUT2D eigenvalue weighted by atomic mass is 19.3. The molecule has 0 saturated carbocycles. The van der Waals surface area contributed by atoms with Gasteiger partial charge in [-0.2, -0.15) is 13.9 Å². The Morgan fingerprint density at radius 2 is 1.97 bits per heavy atom. The number of nitrogens with zero attached hydrogens (tertiary/aromatic N) is 5. The highest BCUT2D eigenvalue weighted by molar-refractivity contribution is 5.88. The summed E-state index contributed by atoms with van der Waals surface area (Å²) in [5.74, 6) is -3.40. The molecule has 3 aromatic rings. The van der Waals surface area contributed by atoms with Crippen LogP contribution < -0.4 is 15.4 Å². The lowest BCUT2D eigenvalue weighted by Gasteiger charge is -2.16. The Labute approximate surface area is 177 Å². The minimum Gasteiger partial charge on any atom is -0.490 e. The molecule has 0 aliphatic heterocycles. The molecule has 11 heteroatoms. The van der Waals surface area contributed by atoms with Crippen molar-refractivity contribution >= 4 is 23.2 Å². The Morgan fingerprint density at radius 1 is 1.19 bits per heavy atom. The van der Waals surface area contributed by atoms with Crippen LogP contribution in [0.5, 0.6) is 5.75 Å². The van der Waals surface area contributed by atoms with Crippen LogP contribution in [0.1, 0.15) is 33.5 Å². The van der Waals surface area contributed by atoms with Crippen molar-refractivity contribution in [2.45, 2.75) is 40.2 Å². The number of hydrogen-bond donors (Lipinski definition) is 2. The van der Waals surface area contributed by atoms with Gasteiger partial charge < -0.3 is 15.4 Å². The summed E-state index contributed by atoms with van der Waals surface area (Å²) in [6.07, 6.45) is 4.70. The number of anilines is 3. The minimum atomic E-state index is -3.25. The van der Waals surface area contributed by atoms with Crippen molar-refractivity contribution in [3.8, 4) is 17.0 Å². The monoisotopic (exact) mass is 431 g/mol. The fraction of sp³-hybridized carbons (Fsp3) is 0.350. The van der Waals surface area contributed by atoms with Crippen molar-refractivity contribution in [3.05, 3.63) is 36.5 Å². The molecule has 0 unspecified atom stereocenters. The topological polar surface area (TPSA) is 107 Å². The number of rotatable bonds is 8. The normalized spacial score (nSPS) is 11.3. The third-order valence-corrected chi connectivity index (χ3v) is 4.11. The van der Waals surface area contributed by atoms with E-state index in [2.05, 4.69) is 30.7 Å². The van der Waals surface area contributed by atoms with Crippen LogP contribution in [-0.2, 0) is 17.3 Å². The van der Waals surface area contributed by atoms with Crippen LogP contribution in [0.15, 0.2) is 30.7 Å². The first-order valence-corrected chi connectivity index (χ1v) is 9.67. The van der Waals surface area contributed by atoms with Gasteiger partial charge in [0, 0.05) is 44.3 Å². The molecule has 0 spiro atoms. The number of aromatic nitrogens is 5. The fourth-order valence-corrected chi connectivity index (χ4v) is 2.72. The van der Waals surface area contributed by atoms with Gasteiger partial charge in [0.15, 0.2) is 5.75 Å². The molecule has 0 atom stereocenters. The summed E-state index contributed by atoms with van der Waals surface area (Å²) in [5, 5.41) is 9.73. The van der Waals surface area contributed by atoms with Gasteiger partial charge in [0.1, 0.15) is 11.6 Å². The second-order valence-corrected chi connectivity index (χ2v) is 6.74. The van der Waals surface area contributed by atoms with E-state index in [-0.39, 0.29) is 17.5 Å². The number of hydrogen-bond acceptors (Lipinski definition) is 7. The molecule has 1 amide bonds. The lowest BCUT2D eigenvalue weighted by atomic mass is 10.2. The third-order valence-electron chi connectivity index (χ3n) is 4.11. The number of carbonyl (C=O) groups is 1. The minimum absolute atomic E-state index is 0.131. The zero-order valence-corrected chi connectivity index (χ0v) is 17.6. The van der Waals surface area contributed by atoms with Crippen LogP contribution in [0.4, 0.5) is 26.1 Å². The van der Waals surface area contributed by atoms with Gasteiger partial charge in [-0.05, 0) is 13.8 Å². The van der Waals surface area contributed by atoms with Crippen LogP contribution in [-0.4, -0.2) is 37.2 Å².